The van der Waals surface area contributed by atoms with Crippen LogP contribution >= 0.6 is 11.3 Å². The Morgan fingerprint density at radius 2 is 1.81 bits per heavy atom. The van der Waals surface area contributed by atoms with Gasteiger partial charge >= 0.3 is 5.97 Å². The Labute approximate surface area is 126 Å². The molecule has 3 rings (SSSR count). The Hall–Kier alpha value is -2.14. The molecule has 21 heavy (non-hydrogen) atoms. The lowest BCUT2D eigenvalue weighted by Crippen LogP contribution is -2.29. The third-order valence-electron chi connectivity index (χ3n) is 3.73. The maximum absolute atomic E-state index is 12.6. The summed E-state index contributed by atoms with van der Waals surface area (Å²) in [7, 11) is 0. The van der Waals surface area contributed by atoms with Crippen LogP contribution in [0.2, 0.25) is 0 Å². The Morgan fingerprint density at radius 1 is 1.10 bits per heavy atom. The molecule has 1 unspecified atom stereocenters. The van der Waals surface area contributed by atoms with Gasteiger partial charge in [0.05, 0.1) is 10.9 Å². The van der Waals surface area contributed by atoms with Gasteiger partial charge in [0.15, 0.2) is 0 Å². The number of rotatable bonds is 3. The minimum Gasteiger partial charge on any atom is -0.477 e. The molecule has 4 nitrogen and oxygen atoms in total. The van der Waals surface area contributed by atoms with Gasteiger partial charge in [-0.05, 0) is 30.5 Å². The second-order valence-electron chi connectivity index (χ2n) is 5.04. The normalized spacial score (nSPS) is 17.9. The first-order valence-corrected chi connectivity index (χ1v) is 7.67. The average Bonchev–Trinajstić information content (AvgIpc) is 3.17. The Morgan fingerprint density at radius 3 is 2.48 bits per heavy atom. The van der Waals surface area contributed by atoms with Crippen LogP contribution in [0, 0.1) is 0 Å². The molecule has 0 saturated carbocycles. The SMILES string of the molecule is O=C(O)c1ccc(C(=O)N2CCCC2c2ccccc2)s1. The van der Waals surface area contributed by atoms with Gasteiger partial charge in [0.2, 0.25) is 0 Å². The van der Waals surface area contributed by atoms with Crippen LogP contribution in [-0.4, -0.2) is 28.4 Å². The zero-order valence-corrected chi connectivity index (χ0v) is 12.2. The number of likely N-dealkylation sites (tertiary alicyclic amines) is 1. The summed E-state index contributed by atoms with van der Waals surface area (Å²) in [6.45, 7) is 0.721. The van der Waals surface area contributed by atoms with Gasteiger partial charge in [0.1, 0.15) is 4.88 Å². The van der Waals surface area contributed by atoms with Crippen LogP contribution in [0.25, 0.3) is 0 Å². The number of amides is 1. The number of carboxylic acids is 1. The van der Waals surface area contributed by atoms with Gasteiger partial charge in [0, 0.05) is 6.54 Å². The predicted molar refractivity (Wildman–Crippen MR) is 80.7 cm³/mol. The van der Waals surface area contributed by atoms with E-state index in [-0.39, 0.29) is 16.8 Å². The van der Waals surface area contributed by atoms with Gasteiger partial charge in [-0.3, -0.25) is 4.79 Å². The lowest BCUT2D eigenvalue weighted by molar-refractivity contribution is 0.0701. The molecule has 108 valence electrons. The highest BCUT2D eigenvalue weighted by Gasteiger charge is 2.31. The van der Waals surface area contributed by atoms with Gasteiger partial charge in [-0.1, -0.05) is 30.3 Å². The molecule has 1 saturated heterocycles. The van der Waals surface area contributed by atoms with Crippen molar-refractivity contribution in [2.24, 2.45) is 0 Å². The van der Waals surface area contributed by atoms with E-state index in [9.17, 15) is 9.59 Å². The third-order valence-corrected chi connectivity index (χ3v) is 4.79. The number of nitrogens with zero attached hydrogens (tertiary/aromatic N) is 1. The molecule has 1 N–H and O–H groups in total. The van der Waals surface area contributed by atoms with Crippen LogP contribution < -0.4 is 0 Å². The van der Waals surface area contributed by atoms with Crippen molar-refractivity contribution in [3.63, 3.8) is 0 Å². The van der Waals surface area contributed by atoms with Crippen molar-refractivity contribution < 1.29 is 14.7 Å². The average molecular weight is 301 g/mol. The fourth-order valence-electron chi connectivity index (χ4n) is 2.74. The van der Waals surface area contributed by atoms with Crippen LogP contribution in [0.4, 0.5) is 0 Å². The van der Waals surface area contributed by atoms with E-state index in [1.54, 1.807) is 6.07 Å². The highest BCUT2D eigenvalue weighted by molar-refractivity contribution is 7.15. The summed E-state index contributed by atoms with van der Waals surface area (Å²) < 4.78 is 0. The molecule has 0 bridgehead atoms. The van der Waals surface area contributed by atoms with E-state index < -0.39 is 5.97 Å². The fourth-order valence-corrected chi connectivity index (χ4v) is 3.54. The van der Waals surface area contributed by atoms with Crippen molar-refractivity contribution >= 4 is 23.2 Å². The lowest BCUT2D eigenvalue weighted by Gasteiger charge is -2.24. The van der Waals surface area contributed by atoms with Gasteiger partial charge in [-0.15, -0.1) is 11.3 Å². The number of aromatic carboxylic acids is 1. The van der Waals surface area contributed by atoms with Crippen LogP contribution in [0.3, 0.4) is 0 Å². The minimum absolute atomic E-state index is 0.0705. The van der Waals surface area contributed by atoms with Crippen molar-refractivity contribution in [3.05, 3.63) is 57.8 Å². The van der Waals surface area contributed by atoms with E-state index in [1.165, 1.54) is 6.07 Å². The largest absolute Gasteiger partial charge is 0.477 e. The highest BCUT2D eigenvalue weighted by Crippen LogP contribution is 2.34. The summed E-state index contributed by atoms with van der Waals surface area (Å²) in [6, 6.07) is 13.2. The van der Waals surface area contributed by atoms with Gasteiger partial charge in [-0.25, -0.2) is 4.79 Å². The molecule has 1 fully saturated rings. The molecule has 1 aliphatic rings. The summed E-state index contributed by atoms with van der Waals surface area (Å²) in [5.74, 6) is -1.06. The van der Waals surface area contributed by atoms with E-state index in [2.05, 4.69) is 0 Å². The summed E-state index contributed by atoms with van der Waals surface area (Å²) in [4.78, 5) is 26.1. The van der Waals surface area contributed by atoms with Crippen molar-refractivity contribution in [2.75, 3.05) is 6.54 Å². The number of carbonyl (C=O) groups is 2. The molecule has 5 heteroatoms. The summed E-state index contributed by atoms with van der Waals surface area (Å²) in [5.41, 5.74) is 1.14. The molecule has 1 atom stereocenters. The number of hydrogen-bond donors (Lipinski definition) is 1. The quantitative estimate of drug-likeness (QED) is 0.945. The predicted octanol–water partition coefficient (Wildman–Crippen LogP) is 3.42. The van der Waals surface area contributed by atoms with Crippen molar-refractivity contribution in [3.8, 4) is 0 Å². The van der Waals surface area contributed by atoms with Crippen LogP contribution in [-0.2, 0) is 0 Å². The molecule has 2 aromatic rings. The molecule has 1 aromatic heterocycles. The molecule has 1 aromatic carbocycles. The molecule has 0 radical (unpaired) electrons. The highest BCUT2D eigenvalue weighted by atomic mass is 32.1. The molecule has 2 heterocycles. The molecule has 1 aliphatic heterocycles. The van der Waals surface area contributed by atoms with Crippen LogP contribution in [0.15, 0.2) is 42.5 Å². The monoisotopic (exact) mass is 301 g/mol. The first kappa shape index (κ1) is 13.8. The first-order valence-electron chi connectivity index (χ1n) is 6.86. The Balaban J connectivity index is 1.84. The van der Waals surface area contributed by atoms with Crippen molar-refractivity contribution in [1.82, 2.24) is 4.90 Å². The summed E-state index contributed by atoms with van der Waals surface area (Å²) in [6.07, 6.45) is 1.93. The van der Waals surface area contributed by atoms with E-state index in [1.807, 2.05) is 35.2 Å². The van der Waals surface area contributed by atoms with E-state index in [4.69, 9.17) is 5.11 Å². The van der Waals surface area contributed by atoms with Gasteiger partial charge < -0.3 is 10.0 Å². The standard InChI is InChI=1S/C16H15NO3S/c18-15(13-8-9-14(21-13)16(19)20)17-10-4-7-12(17)11-5-2-1-3-6-11/h1-3,5-6,8-9,12H,4,7,10H2,(H,19,20). The first-order chi connectivity index (χ1) is 10.2. The van der Waals surface area contributed by atoms with Gasteiger partial charge in [-0.2, -0.15) is 0 Å². The number of carbonyl (C=O) groups excluding carboxylic acids is 1. The molecule has 0 spiro atoms. The van der Waals surface area contributed by atoms with Crippen molar-refractivity contribution in [2.45, 2.75) is 18.9 Å². The third kappa shape index (κ3) is 2.69. The Bertz CT molecular complexity index is 665. The summed E-state index contributed by atoms with van der Waals surface area (Å²) in [5, 5.41) is 8.96. The van der Waals surface area contributed by atoms with Crippen LogP contribution in [0.1, 0.15) is 43.8 Å². The van der Waals surface area contributed by atoms with E-state index in [0.717, 1.165) is 36.3 Å². The van der Waals surface area contributed by atoms with Gasteiger partial charge in [0.25, 0.3) is 5.91 Å². The maximum atomic E-state index is 12.6. The Kier molecular flexibility index (Phi) is 3.75. The number of carboxylic acid groups (broad SMARTS) is 1. The summed E-state index contributed by atoms with van der Waals surface area (Å²) >= 11 is 1.04. The zero-order chi connectivity index (χ0) is 14.8. The fraction of sp³-hybridized carbons (Fsp3) is 0.250. The zero-order valence-electron chi connectivity index (χ0n) is 11.4. The van der Waals surface area contributed by atoms with E-state index in [0.29, 0.717) is 4.88 Å². The smallest absolute Gasteiger partial charge is 0.345 e. The molecular formula is C16H15NO3S. The second-order valence-corrected chi connectivity index (χ2v) is 6.12. The maximum Gasteiger partial charge on any atom is 0.345 e. The van der Waals surface area contributed by atoms with Crippen LogP contribution in [0.5, 0.6) is 0 Å². The molecule has 0 aliphatic carbocycles. The second kappa shape index (κ2) is 5.69. The number of thiophene rings is 1. The number of hydrogen-bond acceptors (Lipinski definition) is 3. The molecule has 1 amide bonds. The topological polar surface area (TPSA) is 57.6 Å². The molecular weight excluding hydrogens is 286 g/mol. The van der Waals surface area contributed by atoms with E-state index >= 15 is 0 Å². The van der Waals surface area contributed by atoms with Crippen molar-refractivity contribution in [1.29, 1.82) is 0 Å². The number of benzene rings is 1. The minimum atomic E-state index is -0.986. The lowest BCUT2D eigenvalue weighted by atomic mass is 10.0.